The summed E-state index contributed by atoms with van der Waals surface area (Å²) in [5, 5.41) is 9.26. The Labute approximate surface area is 93.5 Å². The Hall–Kier alpha value is -0.100. The average molecular weight is 185 g/mol. The number of hydrogen-bond acceptors (Lipinski definition) is 5. The van der Waals surface area contributed by atoms with E-state index in [-0.39, 0.29) is 41.9 Å². The van der Waals surface area contributed by atoms with Crippen LogP contribution < -0.4 is 40.6 Å². The molecule has 0 aliphatic carbocycles. The minimum absolute atomic E-state index is 0. The summed E-state index contributed by atoms with van der Waals surface area (Å²) in [4.78, 5) is 22.9. The van der Waals surface area contributed by atoms with E-state index in [1.807, 2.05) is 0 Å². The van der Waals surface area contributed by atoms with Gasteiger partial charge in [0.15, 0.2) is 0 Å². The molecule has 0 aromatic heterocycles. The summed E-state index contributed by atoms with van der Waals surface area (Å²) in [6.07, 6.45) is 0.455. The van der Waals surface area contributed by atoms with Gasteiger partial charge in [-0.05, 0) is 6.42 Å². The molecule has 0 rings (SSSR count). The standard InChI is InChI=1S/C3H7NO2.C3H6O2.Na/c1-2-3(5)6-4;1-2-3(4)5;/h2,4H2,1H3;2H2,1H3,(H,4,5);/q;;+1/p-1. The fourth-order valence-electron chi connectivity index (χ4n) is 0.0833. The van der Waals surface area contributed by atoms with Crippen LogP contribution in [0.25, 0.3) is 0 Å². The van der Waals surface area contributed by atoms with E-state index in [9.17, 15) is 14.7 Å². The first-order chi connectivity index (χ1) is 5.08. The average Bonchev–Trinajstić information content (AvgIpc) is 2.04. The van der Waals surface area contributed by atoms with E-state index < -0.39 is 5.97 Å². The molecule has 0 amide bonds. The van der Waals surface area contributed by atoms with Gasteiger partial charge in [0.25, 0.3) is 0 Å². The SMILES string of the molecule is CCC(=O)ON.CCC(=O)[O-].[Na+]. The quantitative estimate of drug-likeness (QED) is 0.349. The molecule has 0 radical (unpaired) electrons. The summed E-state index contributed by atoms with van der Waals surface area (Å²) in [6, 6.07) is 0. The van der Waals surface area contributed by atoms with E-state index in [4.69, 9.17) is 0 Å². The molecule has 0 saturated carbocycles. The number of carboxylic acids is 1. The molecule has 2 N–H and O–H groups in total. The molecule has 66 valence electrons. The smallest absolute Gasteiger partial charge is 0.550 e. The number of aliphatic carboxylic acids is 1. The molecule has 0 aromatic carbocycles. The maximum absolute atomic E-state index is 9.83. The van der Waals surface area contributed by atoms with Gasteiger partial charge in [-0.2, -0.15) is 5.90 Å². The molecule has 0 aromatic rings. The summed E-state index contributed by atoms with van der Waals surface area (Å²) in [5.74, 6) is 3.06. The maximum atomic E-state index is 9.83. The minimum Gasteiger partial charge on any atom is -0.550 e. The number of carbonyl (C=O) groups is 2. The second kappa shape index (κ2) is 13.5. The monoisotopic (exact) mass is 185 g/mol. The summed E-state index contributed by atoms with van der Waals surface area (Å²) in [5.41, 5.74) is 0. The number of carboxylic acid groups (broad SMARTS) is 1. The van der Waals surface area contributed by atoms with Gasteiger partial charge in [0.05, 0.1) is 0 Å². The molecule has 0 bridgehead atoms. The molecule has 0 aliphatic rings. The first-order valence-electron chi connectivity index (χ1n) is 3.17. The van der Waals surface area contributed by atoms with Crippen molar-refractivity contribution >= 4 is 11.9 Å². The molecule has 12 heavy (non-hydrogen) atoms. The van der Waals surface area contributed by atoms with Gasteiger partial charge in [0, 0.05) is 12.4 Å². The van der Waals surface area contributed by atoms with Crippen molar-refractivity contribution in [2.45, 2.75) is 26.7 Å². The van der Waals surface area contributed by atoms with E-state index in [0.29, 0.717) is 6.42 Å². The first-order valence-corrected chi connectivity index (χ1v) is 3.17. The Morgan fingerprint density at radius 1 is 1.33 bits per heavy atom. The summed E-state index contributed by atoms with van der Waals surface area (Å²) in [7, 11) is 0. The Morgan fingerprint density at radius 3 is 1.67 bits per heavy atom. The van der Waals surface area contributed by atoms with Crippen molar-refractivity contribution in [3.05, 3.63) is 0 Å². The predicted octanol–water partition coefficient (Wildman–Crippen LogP) is -4.04. The third-order valence-electron chi connectivity index (χ3n) is 0.709. The summed E-state index contributed by atoms with van der Waals surface area (Å²) < 4.78 is 0. The van der Waals surface area contributed by atoms with Crippen molar-refractivity contribution in [2.75, 3.05) is 0 Å². The van der Waals surface area contributed by atoms with Crippen LogP contribution in [0.2, 0.25) is 0 Å². The van der Waals surface area contributed by atoms with E-state index in [1.54, 1.807) is 6.92 Å². The molecule has 0 heterocycles. The normalized spacial score (nSPS) is 6.92. The van der Waals surface area contributed by atoms with Gasteiger partial charge in [0.2, 0.25) is 0 Å². The van der Waals surface area contributed by atoms with Crippen molar-refractivity contribution in [3.63, 3.8) is 0 Å². The van der Waals surface area contributed by atoms with Gasteiger partial charge in [0.1, 0.15) is 0 Å². The predicted molar refractivity (Wildman–Crippen MR) is 35.9 cm³/mol. The van der Waals surface area contributed by atoms with Crippen molar-refractivity contribution in [2.24, 2.45) is 5.90 Å². The molecule has 0 spiro atoms. The molecule has 0 unspecified atom stereocenters. The molecular weight excluding hydrogens is 173 g/mol. The molecule has 0 aliphatic heterocycles. The van der Waals surface area contributed by atoms with Crippen LogP contribution in [0.5, 0.6) is 0 Å². The van der Waals surface area contributed by atoms with E-state index in [2.05, 4.69) is 10.7 Å². The molecule has 0 saturated heterocycles. The second-order valence-electron chi connectivity index (χ2n) is 1.57. The maximum Gasteiger partial charge on any atom is 1.00 e. The zero-order valence-electron chi connectivity index (χ0n) is 7.62. The van der Waals surface area contributed by atoms with Crippen LogP contribution in [0.3, 0.4) is 0 Å². The van der Waals surface area contributed by atoms with Gasteiger partial charge in [-0.1, -0.05) is 13.8 Å². The Kier molecular flexibility index (Phi) is 20.1. The second-order valence-corrected chi connectivity index (χ2v) is 1.57. The fraction of sp³-hybridized carbons (Fsp3) is 0.667. The topological polar surface area (TPSA) is 92.5 Å². The van der Waals surface area contributed by atoms with Crippen LogP contribution in [0, 0.1) is 0 Å². The number of carbonyl (C=O) groups excluding carboxylic acids is 2. The van der Waals surface area contributed by atoms with Gasteiger partial charge >= 0.3 is 35.5 Å². The van der Waals surface area contributed by atoms with Crippen LogP contribution in [-0.2, 0) is 14.4 Å². The molecule has 0 atom stereocenters. The van der Waals surface area contributed by atoms with Gasteiger partial charge in [-0.15, -0.1) is 0 Å². The van der Waals surface area contributed by atoms with Gasteiger partial charge in [-0.25, -0.2) is 0 Å². The third-order valence-corrected chi connectivity index (χ3v) is 0.709. The summed E-state index contributed by atoms with van der Waals surface area (Å²) >= 11 is 0. The minimum atomic E-state index is -0.995. The van der Waals surface area contributed by atoms with Crippen molar-refractivity contribution in [3.8, 4) is 0 Å². The van der Waals surface area contributed by atoms with Gasteiger partial charge < -0.3 is 14.7 Å². The van der Waals surface area contributed by atoms with Gasteiger partial charge in [-0.3, -0.25) is 4.79 Å². The van der Waals surface area contributed by atoms with E-state index >= 15 is 0 Å². The fourth-order valence-corrected chi connectivity index (χ4v) is 0.0833. The van der Waals surface area contributed by atoms with Crippen molar-refractivity contribution in [1.29, 1.82) is 0 Å². The van der Waals surface area contributed by atoms with Crippen molar-refractivity contribution < 1.29 is 49.1 Å². The number of rotatable bonds is 2. The van der Waals surface area contributed by atoms with Crippen LogP contribution in [-0.4, -0.2) is 11.9 Å². The van der Waals surface area contributed by atoms with Crippen molar-refractivity contribution in [1.82, 2.24) is 0 Å². The largest absolute Gasteiger partial charge is 1.00 e. The zero-order chi connectivity index (χ0) is 9.28. The molecule has 6 heteroatoms. The van der Waals surface area contributed by atoms with E-state index in [1.165, 1.54) is 6.92 Å². The Morgan fingerprint density at radius 2 is 1.67 bits per heavy atom. The molecule has 5 nitrogen and oxygen atoms in total. The number of nitrogens with two attached hydrogens (primary N) is 1. The van der Waals surface area contributed by atoms with Crippen LogP contribution in [0.1, 0.15) is 26.7 Å². The Bertz CT molecular complexity index is 123. The van der Waals surface area contributed by atoms with E-state index in [0.717, 1.165) is 0 Å². The molecule has 0 fully saturated rings. The third kappa shape index (κ3) is 22.5. The van der Waals surface area contributed by atoms with Crippen LogP contribution in [0.4, 0.5) is 0 Å². The van der Waals surface area contributed by atoms with Crippen LogP contribution >= 0.6 is 0 Å². The zero-order valence-corrected chi connectivity index (χ0v) is 9.62. The Balaban J connectivity index is -0.000000126. The van der Waals surface area contributed by atoms with Crippen LogP contribution in [0.15, 0.2) is 0 Å². The summed E-state index contributed by atoms with van der Waals surface area (Å²) in [6.45, 7) is 3.21. The molecular formula is C6H12NNaO4. The first kappa shape index (κ1) is 17.8. The number of hydrogen-bond donors (Lipinski definition) is 1.